The van der Waals surface area contributed by atoms with Crippen molar-refractivity contribution in [3.8, 4) is 5.75 Å². The van der Waals surface area contributed by atoms with Crippen LogP contribution >= 0.6 is 15.9 Å². The maximum Gasteiger partial charge on any atom is 0.281 e. The van der Waals surface area contributed by atoms with Crippen molar-refractivity contribution >= 4 is 15.9 Å². The zero-order valence-electron chi connectivity index (χ0n) is 5.64. The molecule has 1 aromatic rings. The summed E-state index contributed by atoms with van der Waals surface area (Å²) in [6, 6.07) is 0.931. The van der Waals surface area contributed by atoms with E-state index in [9.17, 15) is 13.6 Å². The molecule has 6 heteroatoms. The van der Waals surface area contributed by atoms with Crippen LogP contribution in [-0.4, -0.2) is 10.1 Å². The van der Waals surface area contributed by atoms with Crippen LogP contribution < -0.4 is 5.56 Å². The van der Waals surface area contributed by atoms with Gasteiger partial charge in [0.25, 0.3) is 12.0 Å². The van der Waals surface area contributed by atoms with E-state index >= 15 is 0 Å². The van der Waals surface area contributed by atoms with Crippen molar-refractivity contribution in [2.24, 2.45) is 0 Å². The molecule has 0 unspecified atom stereocenters. The van der Waals surface area contributed by atoms with Crippen LogP contribution in [0.15, 0.2) is 15.3 Å². The first kappa shape index (κ1) is 9.18. The van der Waals surface area contributed by atoms with Crippen molar-refractivity contribution in [3.63, 3.8) is 0 Å². The number of pyridine rings is 1. The summed E-state index contributed by atoms with van der Waals surface area (Å²) in [5, 5.41) is 8.91. The molecule has 0 saturated carbocycles. The van der Waals surface area contributed by atoms with Crippen molar-refractivity contribution < 1.29 is 13.9 Å². The predicted octanol–water partition coefficient (Wildman–Crippen LogP) is 1.78. The highest BCUT2D eigenvalue weighted by Gasteiger charge is 2.14. The molecule has 0 aromatic carbocycles. The standard InChI is InChI=1S/C6H4BrF2NO2/c7-2-1-3(11)4(5(8)9)10-6(2)12/h1,5,11H,(H,10,12). The molecule has 3 nitrogen and oxygen atoms in total. The van der Waals surface area contributed by atoms with E-state index in [4.69, 9.17) is 5.11 Å². The lowest BCUT2D eigenvalue weighted by molar-refractivity contribution is 0.141. The Morgan fingerprint density at radius 2 is 2.17 bits per heavy atom. The van der Waals surface area contributed by atoms with E-state index in [1.54, 1.807) is 0 Å². The summed E-state index contributed by atoms with van der Waals surface area (Å²) in [6.07, 6.45) is -2.88. The van der Waals surface area contributed by atoms with E-state index in [2.05, 4.69) is 15.9 Å². The largest absolute Gasteiger partial charge is 0.506 e. The monoisotopic (exact) mass is 239 g/mol. The summed E-state index contributed by atoms with van der Waals surface area (Å²) in [4.78, 5) is 12.6. The molecule has 0 fully saturated rings. The molecule has 0 aliphatic heterocycles. The molecule has 1 heterocycles. The Hall–Kier alpha value is -0.910. The fourth-order valence-corrected chi connectivity index (χ4v) is 0.992. The first-order valence-electron chi connectivity index (χ1n) is 2.92. The number of alkyl halides is 2. The first-order valence-corrected chi connectivity index (χ1v) is 3.71. The van der Waals surface area contributed by atoms with Crippen LogP contribution in [0.4, 0.5) is 8.78 Å². The quantitative estimate of drug-likeness (QED) is 0.785. The molecule has 0 amide bonds. The highest BCUT2D eigenvalue weighted by Crippen LogP contribution is 2.25. The number of hydrogen-bond acceptors (Lipinski definition) is 2. The Labute approximate surface area is 74.2 Å². The van der Waals surface area contributed by atoms with E-state index < -0.39 is 23.4 Å². The van der Waals surface area contributed by atoms with Crippen molar-refractivity contribution in [1.29, 1.82) is 0 Å². The molecule has 0 bridgehead atoms. The van der Waals surface area contributed by atoms with Gasteiger partial charge in [-0.25, -0.2) is 8.78 Å². The van der Waals surface area contributed by atoms with Gasteiger partial charge in [-0.3, -0.25) is 4.79 Å². The van der Waals surface area contributed by atoms with Crippen molar-refractivity contribution in [2.45, 2.75) is 6.43 Å². The van der Waals surface area contributed by atoms with Crippen LogP contribution in [0.25, 0.3) is 0 Å². The zero-order valence-corrected chi connectivity index (χ0v) is 7.23. The van der Waals surface area contributed by atoms with E-state index in [0.29, 0.717) is 0 Å². The van der Waals surface area contributed by atoms with Crippen LogP contribution in [0.2, 0.25) is 0 Å². The highest BCUT2D eigenvalue weighted by atomic mass is 79.9. The molecule has 1 rings (SSSR count). The molecule has 12 heavy (non-hydrogen) atoms. The number of aromatic nitrogens is 1. The van der Waals surface area contributed by atoms with Gasteiger partial charge in [0.15, 0.2) is 0 Å². The fourth-order valence-electron chi connectivity index (χ4n) is 0.676. The number of nitrogens with one attached hydrogen (secondary N) is 1. The summed E-state index contributed by atoms with van der Waals surface area (Å²) in [6.45, 7) is 0. The van der Waals surface area contributed by atoms with E-state index in [1.165, 1.54) is 0 Å². The normalized spacial score (nSPS) is 10.7. The van der Waals surface area contributed by atoms with Crippen LogP contribution in [0.5, 0.6) is 5.75 Å². The van der Waals surface area contributed by atoms with Gasteiger partial charge < -0.3 is 10.1 Å². The average molecular weight is 240 g/mol. The highest BCUT2D eigenvalue weighted by molar-refractivity contribution is 9.10. The molecule has 0 saturated heterocycles. The van der Waals surface area contributed by atoms with Gasteiger partial charge in [-0.1, -0.05) is 0 Å². The Morgan fingerprint density at radius 3 is 2.67 bits per heavy atom. The smallest absolute Gasteiger partial charge is 0.281 e. The van der Waals surface area contributed by atoms with Gasteiger partial charge >= 0.3 is 0 Å². The fraction of sp³-hybridized carbons (Fsp3) is 0.167. The van der Waals surface area contributed by atoms with Gasteiger partial charge in [0, 0.05) is 6.07 Å². The summed E-state index contributed by atoms with van der Waals surface area (Å²) >= 11 is 2.78. The van der Waals surface area contributed by atoms with Crippen LogP contribution in [-0.2, 0) is 0 Å². The van der Waals surface area contributed by atoms with Crippen molar-refractivity contribution in [1.82, 2.24) is 4.98 Å². The molecule has 0 spiro atoms. The molecule has 0 atom stereocenters. The molecule has 0 aliphatic rings. The van der Waals surface area contributed by atoms with Crippen molar-refractivity contribution in [2.75, 3.05) is 0 Å². The molecule has 1 aromatic heterocycles. The summed E-state index contributed by atoms with van der Waals surface area (Å²) in [5.74, 6) is -0.628. The van der Waals surface area contributed by atoms with Gasteiger partial charge in [0.05, 0.1) is 4.47 Å². The lowest BCUT2D eigenvalue weighted by Crippen LogP contribution is -2.09. The number of halogens is 3. The number of aromatic hydroxyl groups is 1. The number of hydrogen-bond donors (Lipinski definition) is 2. The third kappa shape index (κ3) is 1.63. The minimum absolute atomic E-state index is 0.0180. The van der Waals surface area contributed by atoms with E-state index in [-0.39, 0.29) is 4.47 Å². The van der Waals surface area contributed by atoms with Gasteiger partial charge in [-0.2, -0.15) is 0 Å². The Bertz CT molecular complexity index is 350. The second-order valence-electron chi connectivity index (χ2n) is 2.05. The molecule has 0 aliphatic carbocycles. The van der Waals surface area contributed by atoms with Gasteiger partial charge in [0.2, 0.25) is 0 Å². The van der Waals surface area contributed by atoms with E-state index in [1.807, 2.05) is 4.98 Å². The number of H-pyrrole nitrogens is 1. The molecule has 0 radical (unpaired) electrons. The third-order valence-electron chi connectivity index (χ3n) is 1.22. The SMILES string of the molecule is O=c1[nH]c(C(F)F)c(O)cc1Br. The summed E-state index contributed by atoms with van der Waals surface area (Å²) in [7, 11) is 0. The third-order valence-corrected chi connectivity index (χ3v) is 1.81. The maximum absolute atomic E-state index is 12.0. The average Bonchev–Trinajstić information content (AvgIpc) is 1.96. The van der Waals surface area contributed by atoms with Gasteiger partial charge in [0.1, 0.15) is 11.4 Å². The van der Waals surface area contributed by atoms with Crippen LogP contribution in [0, 0.1) is 0 Å². The lowest BCUT2D eigenvalue weighted by Gasteiger charge is -2.02. The van der Waals surface area contributed by atoms with Crippen LogP contribution in [0.3, 0.4) is 0 Å². The summed E-state index contributed by atoms with van der Waals surface area (Å²) < 4.78 is 24.0. The maximum atomic E-state index is 12.0. The Kier molecular flexibility index (Phi) is 2.46. The minimum Gasteiger partial charge on any atom is -0.506 e. The van der Waals surface area contributed by atoms with Crippen molar-refractivity contribution in [3.05, 3.63) is 26.6 Å². The van der Waals surface area contributed by atoms with E-state index in [0.717, 1.165) is 6.07 Å². The predicted molar refractivity (Wildman–Crippen MR) is 41.4 cm³/mol. The number of rotatable bonds is 1. The molecule has 2 N–H and O–H groups in total. The van der Waals surface area contributed by atoms with Gasteiger partial charge in [-0.15, -0.1) is 0 Å². The first-order chi connectivity index (χ1) is 5.52. The van der Waals surface area contributed by atoms with Gasteiger partial charge in [-0.05, 0) is 15.9 Å². The second-order valence-corrected chi connectivity index (χ2v) is 2.90. The van der Waals surface area contributed by atoms with Crippen LogP contribution in [0.1, 0.15) is 12.1 Å². The molecule has 66 valence electrons. The second kappa shape index (κ2) is 3.22. The zero-order chi connectivity index (χ0) is 9.30. The minimum atomic E-state index is -2.88. The lowest BCUT2D eigenvalue weighted by atomic mass is 10.3. The molecular formula is C6H4BrF2NO2. The Balaban J connectivity index is 3.33. The Morgan fingerprint density at radius 1 is 1.58 bits per heavy atom. The number of aromatic amines is 1. The summed E-state index contributed by atoms with van der Waals surface area (Å²) in [5.41, 5.74) is -1.45. The molecular weight excluding hydrogens is 236 g/mol. The topological polar surface area (TPSA) is 53.1 Å².